The Bertz CT molecular complexity index is 771. The number of carbonyl (C=O) groups is 1. The molecule has 0 bridgehead atoms. The molecule has 0 saturated carbocycles. The van der Waals surface area contributed by atoms with Crippen LogP contribution < -0.4 is 11.1 Å². The van der Waals surface area contributed by atoms with Crippen molar-refractivity contribution in [1.29, 1.82) is 0 Å². The molecule has 3 N–H and O–H groups in total. The highest BCUT2D eigenvalue weighted by Gasteiger charge is 2.17. The van der Waals surface area contributed by atoms with Crippen LogP contribution in [-0.4, -0.2) is 27.4 Å². The third kappa shape index (κ3) is 2.82. The summed E-state index contributed by atoms with van der Waals surface area (Å²) in [5, 5.41) is 2.86. The van der Waals surface area contributed by atoms with Crippen molar-refractivity contribution < 1.29 is 4.79 Å². The van der Waals surface area contributed by atoms with Gasteiger partial charge in [0.1, 0.15) is 15.2 Å². The Balaban J connectivity index is 1.68. The second-order valence-electron chi connectivity index (χ2n) is 4.42. The molecule has 7 heteroatoms. The first kappa shape index (κ1) is 13.4. The van der Waals surface area contributed by atoms with E-state index >= 15 is 0 Å². The number of amides is 1. The molecule has 0 aromatic carbocycles. The van der Waals surface area contributed by atoms with E-state index in [1.807, 2.05) is 12.1 Å². The molecule has 3 heterocycles. The Morgan fingerprint density at radius 1 is 1.19 bits per heavy atom. The first-order valence-electron chi connectivity index (χ1n) is 6.42. The van der Waals surface area contributed by atoms with E-state index in [4.69, 9.17) is 5.73 Å². The number of pyridine rings is 1. The van der Waals surface area contributed by atoms with Gasteiger partial charge >= 0.3 is 0 Å². The number of fused-ring (bicyclic) bond motifs is 1. The first-order valence-corrected chi connectivity index (χ1v) is 7.23. The van der Waals surface area contributed by atoms with Gasteiger partial charge in [-0.3, -0.25) is 9.78 Å². The number of anilines is 1. The van der Waals surface area contributed by atoms with E-state index < -0.39 is 0 Å². The molecule has 106 valence electrons. The molecule has 0 unspecified atom stereocenters. The highest BCUT2D eigenvalue weighted by molar-refractivity contribution is 7.21. The molecule has 3 rings (SSSR count). The minimum Gasteiger partial charge on any atom is -0.396 e. The number of nitrogens with one attached hydrogen (secondary N) is 1. The van der Waals surface area contributed by atoms with Crippen molar-refractivity contribution in [3.05, 3.63) is 47.4 Å². The lowest BCUT2D eigenvalue weighted by atomic mass is 10.2. The predicted octanol–water partition coefficient (Wildman–Crippen LogP) is 1.64. The summed E-state index contributed by atoms with van der Waals surface area (Å²) in [6.07, 6.45) is 7.37. The molecule has 0 aliphatic carbocycles. The minimum absolute atomic E-state index is 0.189. The summed E-state index contributed by atoms with van der Waals surface area (Å²) in [7, 11) is 0. The molecule has 1 amide bonds. The van der Waals surface area contributed by atoms with Gasteiger partial charge in [-0.2, -0.15) is 0 Å². The zero-order chi connectivity index (χ0) is 14.7. The normalized spacial score (nSPS) is 10.7. The molecule has 21 heavy (non-hydrogen) atoms. The largest absolute Gasteiger partial charge is 0.396 e. The summed E-state index contributed by atoms with van der Waals surface area (Å²) in [6, 6.07) is 3.85. The smallest absolute Gasteiger partial charge is 0.263 e. The summed E-state index contributed by atoms with van der Waals surface area (Å²) in [4.78, 5) is 25.6. The third-order valence-corrected chi connectivity index (χ3v) is 4.12. The molecular formula is C14H13N5OS. The maximum absolute atomic E-state index is 12.2. The Morgan fingerprint density at radius 2 is 1.95 bits per heavy atom. The van der Waals surface area contributed by atoms with Crippen molar-refractivity contribution in [3.8, 4) is 0 Å². The molecular weight excluding hydrogens is 286 g/mol. The van der Waals surface area contributed by atoms with Crippen molar-refractivity contribution in [2.45, 2.75) is 6.42 Å². The lowest BCUT2D eigenvalue weighted by Gasteiger charge is -2.04. The van der Waals surface area contributed by atoms with Crippen LogP contribution in [0.3, 0.4) is 0 Å². The Labute approximate surface area is 125 Å². The van der Waals surface area contributed by atoms with Crippen molar-refractivity contribution in [2.24, 2.45) is 0 Å². The van der Waals surface area contributed by atoms with Gasteiger partial charge in [0, 0.05) is 31.3 Å². The van der Waals surface area contributed by atoms with Crippen LogP contribution in [0, 0.1) is 0 Å². The summed E-state index contributed by atoms with van der Waals surface area (Å²) in [5.74, 6) is -0.189. The van der Waals surface area contributed by atoms with Gasteiger partial charge in [-0.15, -0.1) is 11.3 Å². The molecule has 0 atom stereocenters. The fraction of sp³-hybridized carbons (Fsp3) is 0.143. The average Bonchev–Trinajstić information content (AvgIpc) is 2.86. The number of hydrogen-bond donors (Lipinski definition) is 2. The van der Waals surface area contributed by atoms with Crippen LogP contribution in [-0.2, 0) is 6.42 Å². The number of thiophene rings is 1. The number of nitrogens with zero attached hydrogens (tertiary/aromatic N) is 3. The summed E-state index contributed by atoms with van der Waals surface area (Å²) >= 11 is 1.26. The first-order chi connectivity index (χ1) is 10.3. The molecule has 0 saturated heterocycles. The van der Waals surface area contributed by atoms with Crippen molar-refractivity contribution in [3.63, 3.8) is 0 Å². The summed E-state index contributed by atoms with van der Waals surface area (Å²) < 4.78 is 0. The van der Waals surface area contributed by atoms with Gasteiger partial charge in [-0.05, 0) is 24.1 Å². The molecule has 6 nitrogen and oxygen atoms in total. The van der Waals surface area contributed by atoms with Gasteiger partial charge in [0.05, 0.1) is 5.69 Å². The Kier molecular flexibility index (Phi) is 3.74. The number of rotatable bonds is 4. The van der Waals surface area contributed by atoms with Crippen LogP contribution in [0.1, 0.15) is 15.2 Å². The van der Waals surface area contributed by atoms with Gasteiger partial charge in [0.25, 0.3) is 5.91 Å². The van der Waals surface area contributed by atoms with E-state index in [0.29, 0.717) is 27.5 Å². The lowest BCUT2D eigenvalue weighted by molar-refractivity contribution is 0.0959. The van der Waals surface area contributed by atoms with Crippen LogP contribution in [0.2, 0.25) is 0 Å². The summed E-state index contributed by atoms with van der Waals surface area (Å²) in [6.45, 7) is 0.539. The molecule has 0 aliphatic rings. The molecule has 3 aromatic rings. The van der Waals surface area contributed by atoms with Crippen molar-refractivity contribution in [2.75, 3.05) is 12.3 Å². The van der Waals surface area contributed by atoms with E-state index in [0.717, 1.165) is 12.0 Å². The Morgan fingerprint density at radius 3 is 2.71 bits per heavy atom. The van der Waals surface area contributed by atoms with Crippen molar-refractivity contribution in [1.82, 2.24) is 20.3 Å². The molecule has 0 radical (unpaired) electrons. The zero-order valence-electron chi connectivity index (χ0n) is 11.1. The SMILES string of the molecule is Nc1c(C(=O)NCCc2ccncc2)sc2nccnc12. The lowest BCUT2D eigenvalue weighted by Crippen LogP contribution is -2.25. The fourth-order valence-corrected chi connectivity index (χ4v) is 2.90. The van der Waals surface area contributed by atoms with Gasteiger partial charge in [-0.1, -0.05) is 0 Å². The number of aromatic nitrogens is 3. The van der Waals surface area contributed by atoms with Gasteiger partial charge in [-0.25, -0.2) is 9.97 Å². The number of nitrogens with two attached hydrogens (primary N) is 1. The highest BCUT2D eigenvalue weighted by atomic mass is 32.1. The number of nitrogen functional groups attached to an aromatic ring is 1. The van der Waals surface area contributed by atoms with E-state index in [2.05, 4.69) is 20.3 Å². The van der Waals surface area contributed by atoms with Crippen LogP contribution in [0.15, 0.2) is 36.9 Å². The number of hydrogen-bond acceptors (Lipinski definition) is 6. The van der Waals surface area contributed by atoms with E-state index in [-0.39, 0.29) is 5.91 Å². The third-order valence-electron chi connectivity index (χ3n) is 3.02. The molecule has 0 aliphatic heterocycles. The van der Waals surface area contributed by atoms with Gasteiger partial charge in [0.2, 0.25) is 0 Å². The predicted molar refractivity (Wildman–Crippen MR) is 82.1 cm³/mol. The summed E-state index contributed by atoms with van der Waals surface area (Å²) in [5.41, 5.74) is 8.06. The second-order valence-corrected chi connectivity index (χ2v) is 5.42. The van der Waals surface area contributed by atoms with E-state index in [1.165, 1.54) is 11.3 Å². The fourth-order valence-electron chi connectivity index (χ4n) is 1.96. The van der Waals surface area contributed by atoms with E-state index in [9.17, 15) is 4.79 Å². The van der Waals surface area contributed by atoms with E-state index in [1.54, 1.807) is 24.8 Å². The number of carbonyl (C=O) groups excluding carboxylic acids is 1. The Hall–Kier alpha value is -2.54. The zero-order valence-corrected chi connectivity index (χ0v) is 11.9. The maximum Gasteiger partial charge on any atom is 0.263 e. The molecule has 0 fully saturated rings. The monoisotopic (exact) mass is 299 g/mol. The van der Waals surface area contributed by atoms with Gasteiger partial charge < -0.3 is 11.1 Å². The standard InChI is InChI=1S/C14H13N5OS/c15-10-11-14(19-8-7-17-11)21-12(10)13(20)18-6-3-9-1-4-16-5-2-9/h1-2,4-5,7-8H,3,6,15H2,(H,18,20). The van der Waals surface area contributed by atoms with Crippen LogP contribution in [0.5, 0.6) is 0 Å². The van der Waals surface area contributed by atoms with Crippen LogP contribution in [0.4, 0.5) is 5.69 Å². The maximum atomic E-state index is 12.2. The highest BCUT2D eigenvalue weighted by Crippen LogP contribution is 2.30. The van der Waals surface area contributed by atoms with Gasteiger partial charge in [0.15, 0.2) is 0 Å². The molecule has 0 spiro atoms. The van der Waals surface area contributed by atoms with Crippen LogP contribution in [0.25, 0.3) is 10.3 Å². The second kappa shape index (κ2) is 5.84. The molecule has 3 aromatic heterocycles. The topological polar surface area (TPSA) is 93.8 Å². The average molecular weight is 299 g/mol. The quantitative estimate of drug-likeness (QED) is 0.764. The minimum atomic E-state index is -0.189. The van der Waals surface area contributed by atoms with Crippen molar-refractivity contribution >= 4 is 33.3 Å². The van der Waals surface area contributed by atoms with Crippen LogP contribution >= 0.6 is 11.3 Å².